The van der Waals surface area contributed by atoms with E-state index in [0.29, 0.717) is 23.7 Å². The van der Waals surface area contributed by atoms with Gasteiger partial charge in [0.15, 0.2) is 0 Å². The number of nitrogens with zero attached hydrogens (tertiary/aromatic N) is 2. The van der Waals surface area contributed by atoms with Crippen LogP contribution in [-0.4, -0.2) is 41.3 Å². The van der Waals surface area contributed by atoms with Crippen LogP contribution < -0.4 is 5.32 Å². The van der Waals surface area contributed by atoms with Gasteiger partial charge in [0, 0.05) is 29.6 Å². The van der Waals surface area contributed by atoms with Crippen LogP contribution >= 0.6 is 22.9 Å². The fraction of sp³-hybridized carbons (Fsp3) is 0.286. The molecule has 0 saturated carbocycles. The normalized spacial score (nSPS) is 16.9. The van der Waals surface area contributed by atoms with Gasteiger partial charge in [0.25, 0.3) is 5.91 Å². The predicted octanol–water partition coefficient (Wildman–Crippen LogP) is 4.09. The highest BCUT2D eigenvalue weighted by Gasteiger charge is 2.27. The van der Waals surface area contributed by atoms with Crippen molar-refractivity contribution < 1.29 is 9.59 Å². The molecular weight excluding hydrogens is 394 g/mol. The van der Waals surface area contributed by atoms with Crippen LogP contribution in [0, 0.1) is 0 Å². The second kappa shape index (κ2) is 8.29. The van der Waals surface area contributed by atoms with Crippen molar-refractivity contribution in [2.24, 2.45) is 0 Å². The van der Waals surface area contributed by atoms with E-state index in [4.69, 9.17) is 16.6 Å². The number of hydrogen-bond donors (Lipinski definition) is 1. The highest BCUT2D eigenvalue weighted by Crippen LogP contribution is 2.32. The molecule has 0 bridgehead atoms. The molecule has 3 aromatic rings. The number of thiazole rings is 1. The molecule has 1 aliphatic heterocycles. The number of piperidine rings is 1. The lowest BCUT2D eigenvalue weighted by molar-refractivity contribution is -0.131. The van der Waals surface area contributed by atoms with Gasteiger partial charge in [0.05, 0.1) is 21.8 Å². The average molecular weight is 414 g/mol. The maximum Gasteiger partial charge on any atom is 0.251 e. The maximum atomic E-state index is 12.6. The van der Waals surface area contributed by atoms with Gasteiger partial charge in [-0.1, -0.05) is 29.8 Å². The van der Waals surface area contributed by atoms with E-state index >= 15 is 0 Å². The van der Waals surface area contributed by atoms with Crippen LogP contribution in [0.2, 0.25) is 5.02 Å². The van der Waals surface area contributed by atoms with Crippen LogP contribution in [0.4, 0.5) is 0 Å². The summed E-state index contributed by atoms with van der Waals surface area (Å²) in [5.41, 5.74) is 1.46. The minimum absolute atomic E-state index is 0.0160. The Morgan fingerprint density at radius 2 is 2.07 bits per heavy atom. The molecule has 1 fully saturated rings. The van der Waals surface area contributed by atoms with Crippen LogP contribution in [0.1, 0.15) is 34.1 Å². The number of fused-ring (bicyclic) bond motifs is 1. The summed E-state index contributed by atoms with van der Waals surface area (Å²) in [4.78, 5) is 31.4. The standard InChI is InChI=1S/C21H20ClN3O2S/c22-16-7-3-5-14(11-16)20(27)23-12-19(26)25-10-4-6-15(13-25)21-24-17-8-1-2-9-18(17)28-21/h1-3,5,7-9,11,15H,4,6,10,12-13H2,(H,23,27)/t15-/m0/s1. The van der Waals surface area contributed by atoms with Gasteiger partial charge in [0.2, 0.25) is 5.91 Å². The zero-order valence-corrected chi connectivity index (χ0v) is 16.8. The largest absolute Gasteiger partial charge is 0.343 e. The predicted molar refractivity (Wildman–Crippen MR) is 112 cm³/mol. The molecular formula is C21H20ClN3O2S. The SMILES string of the molecule is O=C(NCC(=O)N1CCC[C@H](c2nc3ccccc3s2)C1)c1cccc(Cl)c1. The fourth-order valence-electron chi connectivity index (χ4n) is 3.47. The Hall–Kier alpha value is -2.44. The molecule has 1 aromatic heterocycles. The Bertz CT molecular complexity index is 987. The molecule has 0 aliphatic carbocycles. The van der Waals surface area contributed by atoms with Crippen LogP contribution in [0.3, 0.4) is 0 Å². The lowest BCUT2D eigenvalue weighted by Gasteiger charge is -2.32. The van der Waals surface area contributed by atoms with E-state index in [1.807, 2.05) is 23.1 Å². The van der Waals surface area contributed by atoms with Gasteiger partial charge in [-0.25, -0.2) is 4.98 Å². The molecule has 1 N–H and O–H groups in total. The van der Waals surface area contributed by atoms with Crippen LogP contribution in [-0.2, 0) is 4.79 Å². The smallest absolute Gasteiger partial charge is 0.251 e. The minimum Gasteiger partial charge on any atom is -0.343 e. The van der Waals surface area contributed by atoms with Gasteiger partial charge in [-0.3, -0.25) is 9.59 Å². The minimum atomic E-state index is -0.296. The van der Waals surface area contributed by atoms with Gasteiger partial charge < -0.3 is 10.2 Å². The number of aromatic nitrogens is 1. The molecule has 1 saturated heterocycles. The van der Waals surface area contributed by atoms with E-state index in [0.717, 1.165) is 23.4 Å². The first-order valence-corrected chi connectivity index (χ1v) is 10.5. The summed E-state index contributed by atoms with van der Waals surface area (Å²) in [6.45, 7) is 1.34. The number of carbonyl (C=O) groups excluding carboxylic acids is 2. The summed E-state index contributed by atoms with van der Waals surface area (Å²) in [6, 6.07) is 14.8. The van der Waals surface area contributed by atoms with Crippen LogP contribution in [0.25, 0.3) is 10.2 Å². The first-order valence-electron chi connectivity index (χ1n) is 9.27. The van der Waals surface area contributed by atoms with Gasteiger partial charge in [-0.2, -0.15) is 0 Å². The van der Waals surface area contributed by atoms with Crippen molar-refractivity contribution in [2.75, 3.05) is 19.6 Å². The number of amides is 2. The number of para-hydroxylation sites is 1. The molecule has 5 nitrogen and oxygen atoms in total. The van der Waals surface area contributed by atoms with E-state index in [2.05, 4.69) is 11.4 Å². The molecule has 2 aromatic carbocycles. The fourth-order valence-corrected chi connectivity index (χ4v) is 4.75. The topological polar surface area (TPSA) is 62.3 Å². The van der Waals surface area contributed by atoms with Crippen LogP contribution in [0.15, 0.2) is 48.5 Å². The zero-order chi connectivity index (χ0) is 19.5. The summed E-state index contributed by atoms with van der Waals surface area (Å²) >= 11 is 7.62. The molecule has 0 unspecified atom stereocenters. The second-order valence-corrected chi connectivity index (χ2v) is 8.39. The highest BCUT2D eigenvalue weighted by molar-refractivity contribution is 7.18. The molecule has 1 aliphatic rings. The quantitative estimate of drug-likeness (QED) is 0.700. The Labute approximate surface area is 172 Å². The van der Waals surface area contributed by atoms with Crippen LogP contribution in [0.5, 0.6) is 0 Å². The monoisotopic (exact) mass is 413 g/mol. The summed E-state index contributed by atoms with van der Waals surface area (Å²) in [7, 11) is 0. The number of nitrogens with one attached hydrogen (secondary N) is 1. The lowest BCUT2D eigenvalue weighted by atomic mass is 9.98. The Balaban J connectivity index is 1.37. The number of benzene rings is 2. The third-order valence-electron chi connectivity index (χ3n) is 4.92. The van der Waals surface area contributed by atoms with E-state index in [1.165, 1.54) is 4.70 Å². The lowest BCUT2D eigenvalue weighted by Crippen LogP contribution is -2.44. The van der Waals surface area contributed by atoms with Gasteiger partial charge in [0.1, 0.15) is 0 Å². The van der Waals surface area contributed by atoms with Gasteiger partial charge >= 0.3 is 0 Å². The van der Waals surface area contributed by atoms with E-state index in [1.54, 1.807) is 35.6 Å². The highest BCUT2D eigenvalue weighted by atomic mass is 35.5. The van der Waals surface area contributed by atoms with Crippen molar-refractivity contribution in [1.29, 1.82) is 0 Å². The summed E-state index contributed by atoms with van der Waals surface area (Å²) in [6.07, 6.45) is 1.97. The number of halogens is 1. The first kappa shape index (κ1) is 18.9. The van der Waals surface area contributed by atoms with Gasteiger partial charge in [-0.05, 0) is 43.2 Å². The Morgan fingerprint density at radius 1 is 1.21 bits per heavy atom. The molecule has 28 heavy (non-hydrogen) atoms. The molecule has 4 rings (SSSR count). The third-order valence-corrected chi connectivity index (χ3v) is 6.35. The summed E-state index contributed by atoms with van der Waals surface area (Å²) < 4.78 is 1.18. The summed E-state index contributed by atoms with van der Waals surface area (Å²) in [5, 5.41) is 4.28. The van der Waals surface area contributed by atoms with E-state index < -0.39 is 0 Å². The molecule has 1 atom stereocenters. The summed E-state index contributed by atoms with van der Waals surface area (Å²) in [5.74, 6) is -0.115. The van der Waals surface area contributed by atoms with Crippen molar-refractivity contribution in [3.63, 3.8) is 0 Å². The molecule has 2 amide bonds. The Kier molecular flexibility index (Phi) is 5.59. The molecule has 144 valence electrons. The van der Waals surface area contributed by atoms with E-state index in [-0.39, 0.29) is 24.3 Å². The van der Waals surface area contributed by atoms with Crippen molar-refractivity contribution in [1.82, 2.24) is 15.2 Å². The molecule has 7 heteroatoms. The molecule has 2 heterocycles. The average Bonchev–Trinajstić information content (AvgIpc) is 3.16. The van der Waals surface area contributed by atoms with Crippen molar-refractivity contribution in [3.8, 4) is 0 Å². The van der Waals surface area contributed by atoms with Gasteiger partial charge in [-0.15, -0.1) is 11.3 Å². The third kappa shape index (κ3) is 4.18. The maximum absolute atomic E-state index is 12.6. The molecule has 0 spiro atoms. The number of likely N-dealkylation sites (tertiary alicyclic amines) is 1. The van der Waals surface area contributed by atoms with Crippen molar-refractivity contribution in [2.45, 2.75) is 18.8 Å². The number of rotatable bonds is 4. The van der Waals surface area contributed by atoms with Crippen molar-refractivity contribution >= 4 is 45.0 Å². The van der Waals surface area contributed by atoms with Crippen molar-refractivity contribution in [3.05, 3.63) is 64.1 Å². The number of hydrogen-bond acceptors (Lipinski definition) is 4. The van der Waals surface area contributed by atoms with E-state index in [9.17, 15) is 9.59 Å². The number of carbonyl (C=O) groups is 2. The zero-order valence-electron chi connectivity index (χ0n) is 15.2. The Morgan fingerprint density at radius 3 is 2.89 bits per heavy atom. The second-order valence-electron chi connectivity index (χ2n) is 6.89. The molecule has 0 radical (unpaired) electrons. The first-order chi connectivity index (χ1) is 13.6.